The molecule has 0 saturated heterocycles. The van der Waals surface area contributed by atoms with Crippen molar-refractivity contribution in [2.75, 3.05) is 23.8 Å². The van der Waals surface area contributed by atoms with Crippen molar-refractivity contribution in [2.24, 2.45) is 0 Å². The molecule has 0 bridgehead atoms. The van der Waals surface area contributed by atoms with E-state index in [1.165, 1.54) is 16.9 Å². The lowest BCUT2D eigenvalue weighted by Crippen LogP contribution is -2.11. The molecule has 0 radical (unpaired) electrons. The number of carbonyl (C=O) groups is 1. The zero-order valence-corrected chi connectivity index (χ0v) is 15.6. The predicted octanol–water partition coefficient (Wildman–Crippen LogP) is 4.50. The summed E-state index contributed by atoms with van der Waals surface area (Å²) in [6, 6.07) is 17.3. The van der Waals surface area contributed by atoms with Crippen LogP contribution in [0, 0.1) is 13.8 Å². The lowest BCUT2D eigenvalue weighted by atomic mass is 10.2. The maximum absolute atomic E-state index is 12.4. The highest BCUT2D eigenvalue weighted by Gasteiger charge is 2.15. The highest BCUT2D eigenvalue weighted by Crippen LogP contribution is 2.23. The molecular weight excluding hydrogens is 346 g/mol. The average molecular weight is 367 g/mol. The summed E-state index contributed by atoms with van der Waals surface area (Å²) in [5.41, 5.74) is 2.69. The lowest BCUT2D eigenvalue weighted by Gasteiger charge is -2.06. The first-order valence-corrected chi connectivity index (χ1v) is 9.20. The summed E-state index contributed by atoms with van der Waals surface area (Å²) in [4.78, 5) is 17.4. The van der Waals surface area contributed by atoms with Crippen LogP contribution in [0.15, 0.2) is 54.6 Å². The quantitative estimate of drug-likeness (QED) is 0.604. The van der Waals surface area contributed by atoms with Crippen molar-refractivity contribution in [2.45, 2.75) is 13.8 Å². The summed E-state index contributed by atoms with van der Waals surface area (Å²) < 4.78 is 5.68. The highest BCUT2D eigenvalue weighted by molar-refractivity contribution is 7.17. The number of carbonyl (C=O) groups excluding carboxylic acids is 1. The van der Waals surface area contributed by atoms with E-state index in [2.05, 4.69) is 15.6 Å². The second kappa shape index (κ2) is 8.49. The van der Waals surface area contributed by atoms with Crippen molar-refractivity contribution in [3.05, 3.63) is 70.7 Å². The number of benzene rings is 2. The molecule has 134 valence electrons. The van der Waals surface area contributed by atoms with Crippen LogP contribution in [-0.4, -0.2) is 24.0 Å². The molecule has 2 N–H and O–H groups in total. The Morgan fingerprint density at radius 1 is 1.08 bits per heavy atom. The molecule has 0 spiro atoms. The first-order valence-electron chi connectivity index (χ1n) is 8.39. The molecule has 3 aromatic rings. The van der Waals surface area contributed by atoms with Crippen molar-refractivity contribution in [3.8, 4) is 5.75 Å². The minimum Gasteiger partial charge on any atom is -0.492 e. The van der Waals surface area contributed by atoms with Gasteiger partial charge in [0.2, 0.25) is 0 Å². The normalized spacial score (nSPS) is 10.4. The Kier molecular flexibility index (Phi) is 5.86. The van der Waals surface area contributed by atoms with Gasteiger partial charge in [-0.05, 0) is 38.1 Å². The average Bonchev–Trinajstić information content (AvgIpc) is 3.02. The summed E-state index contributed by atoms with van der Waals surface area (Å²) in [5.74, 6) is 0.700. The SMILES string of the molecule is Cc1ccc(OCCNc2nc(C)c(C(=O)Nc3ccccc3)s2)cc1. The second-order valence-electron chi connectivity index (χ2n) is 5.84. The molecule has 0 aliphatic carbocycles. The standard InChI is InChI=1S/C20H21N3O2S/c1-14-8-10-17(11-9-14)25-13-12-21-20-22-15(2)18(26-20)19(24)23-16-6-4-3-5-7-16/h3-11H,12-13H2,1-2H3,(H,21,22)(H,23,24). The van der Waals surface area contributed by atoms with Crippen LogP contribution in [0.25, 0.3) is 0 Å². The van der Waals surface area contributed by atoms with Gasteiger partial charge < -0.3 is 15.4 Å². The molecule has 2 aromatic carbocycles. The Labute approximate surface area is 157 Å². The first kappa shape index (κ1) is 17.9. The summed E-state index contributed by atoms with van der Waals surface area (Å²) in [6.07, 6.45) is 0. The minimum absolute atomic E-state index is 0.143. The van der Waals surface area contributed by atoms with Crippen molar-refractivity contribution in [3.63, 3.8) is 0 Å². The second-order valence-corrected chi connectivity index (χ2v) is 6.84. The molecule has 0 aliphatic rings. The predicted molar refractivity (Wildman–Crippen MR) is 106 cm³/mol. The van der Waals surface area contributed by atoms with E-state index < -0.39 is 0 Å². The molecule has 1 heterocycles. The van der Waals surface area contributed by atoms with Gasteiger partial charge in [-0.3, -0.25) is 4.79 Å². The molecule has 6 heteroatoms. The van der Waals surface area contributed by atoms with Gasteiger partial charge in [-0.1, -0.05) is 47.2 Å². The third-order valence-electron chi connectivity index (χ3n) is 3.70. The van der Waals surface area contributed by atoms with E-state index in [1.54, 1.807) is 0 Å². The number of aromatic nitrogens is 1. The number of thiazole rings is 1. The van der Waals surface area contributed by atoms with Crippen LogP contribution < -0.4 is 15.4 Å². The Morgan fingerprint density at radius 2 is 1.81 bits per heavy atom. The van der Waals surface area contributed by atoms with Crippen LogP contribution in [0.2, 0.25) is 0 Å². The maximum atomic E-state index is 12.4. The van der Waals surface area contributed by atoms with E-state index in [9.17, 15) is 4.79 Å². The molecule has 26 heavy (non-hydrogen) atoms. The molecular formula is C20H21N3O2S. The zero-order chi connectivity index (χ0) is 18.4. The number of rotatable bonds is 7. The molecule has 1 amide bonds. The van der Waals surface area contributed by atoms with Gasteiger partial charge in [0.1, 0.15) is 17.2 Å². The van der Waals surface area contributed by atoms with Crippen LogP contribution in [-0.2, 0) is 0 Å². The lowest BCUT2D eigenvalue weighted by molar-refractivity contribution is 0.103. The molecule has 3 rings (SSSR count). The Balaban J connectivity index is 1.51. The van der Waals surface area contributed by atoms with E-state index in [-0.39, 0.29) is 5.91 Å². The molecule has 0 atom stereocenters. The van der Waals surface area contributed by atoms with E-state index in [0.717, 1.165) is 11.4 Å². The van der Waals surface area contributed by atoms with E-state index >= 15 is 0 Å². The fourth-order valence-corrected chi connectivity index (χ4v) is 3.24. The minimum atomic E-state index is -0.143. The third-order valence-corrected chi connectivity index (χ3v) is 4.82. The van der Waals surface area contributed by atoms with Gasteiger partial charge in [-0.25, -0.2) is 4.98 Å². The van der Waals surface area contributed by atoms with Crippen molar-refractivity contribution in [1.82, 2.24) is 4.98 Å². The molecule has 0 saturated carbocycles. The Bertz CT molecular complexity index is 861. The number of hydrogen-bond acceptors (Lipinski definition) is 5. The topological polar surface area (TPSA) is 63.2 Å². The van der Waals surface area contributed by atoms with Gasteiger partial charge in [-0.2, -0.15) is 0 Å². The molecule has 0 unspecified atom stereocenters. The van der Waals surface area contributed by atoms with E-state index in [1.807, 2.05) is 68.4 Å². The Hall–Kier alpha value is -2.86. The number of para-hydroxylation sites is 1. The first-order chi connectivity index (χ1) is 12.6. The summed E-state index contributed by atoms with van der Waals surface area (Å²) >= 11 is 1.35. The number of hydrogen-bond donors (Lipinski definition) is 2. The van der Waals surface area contributed by atoms with Crippen LogP contribution in [0.5, 0.6) is 5.75 Å². The van der Waals surface area contributed by atoms with E-state index in [0.29, 0.717) is 28.9 Å². The van der Waals surface area contributed by atoms with Crippen molar-refractivity contribution < 1.29 is 9.53 Å². The van der Waals surface area contributed by atoms with Gasteiger partial charge in [-0.15, -0.1) is 0 Å². The van der Waals surface area contributed by atoms with Crippen LogP contribution in [0.4, 0.5) is 10.8 Å². The number of aryl methyl sites for hydroxylation is 2. The van der Waals surface area contributed by atoms with Crippen LogP contribution in [0.1, 0.15) is 20.9 Å². The zero-order valence-electron chi connectivity index (χ0n) is 14.8. The highest BCUT2D eigenvalue weighted by atomic mass is 32.1. The summed E-state index contributed by atoms with van der Waals surface area (Å²) in [7, 11) is 0. The Morgan fingerprint density at radius 3 is 2.54 bits per heavy atom. The van der Waals surface area contributed by atoms with Gasteiger partial charge in [0.25, 0.3) is 5.91 Å². The fraction of sp³-hybridized carbons (Fsp3) is 0.200. The summed E-state index contributed by atoms with van der Waals surface area (Å²) in [5, 5.41) is 6.81. The van der Waals surface area contributed by atoms with Gasteiger partial charge in [0.15, 0.2) is 5.13 Å². The van der Waals surface area contributed by atoms with Gasteiger partial charge in [0.05, 0.1) is 12.2 Å². The van der Waals surface area contributed by atoms with Gasteiger partial charge >= 0.3 is 0 Å². The molecule has 5 nitrogen and oxygen atoms in total. The third kappa shape index (κ3) is 4.83. The van der Waals surface area contributed by atoms with Crippen molar-refractivity contribution >= 4 is 28.1 Å². The van der Waals surface area contributed by atoms with Crippen molar-refractivity contribution in [1.29, 1.82) is 0 Å². The molecule has 0 aliphatic heterocycles. The molecule has 0 fully saturated rings. The summed E-state index contributed by atoms with van der Waals surface area (Å²) in [6.45, 7) is 5.01. The number of amides is 1. The molecule has 1 aromatic heterocycles. The number of anilines is 2. The van der Waals surface area contributed by atoms with Crippen LogP contribution >= 0.6 is 11.3 Å². The monoisotopic (exact) mass is 367 g/mol. The fourth-order valence-electron chi connectivity index (χ4n) is 2.35. The van der Waals surface area contributed by atoms with Gasteiger partial charge in [0, 0.05) is 5.69 Å². The largest absolute Gasteiger partial charge is 0.492 e. The smallest absolute Gasteiger partial charge is 0.267 e. The maximum Gasteiger partial charge on any atom is 0.267 e. The van der Waals surface area contributed by atoms with E-state index in [4.69, 9.17) is 4.74 Å². The number of ether oxygens (including phenoxy) is 1. The van der Waals surface area contributed by atoms with Crippen LogP contribution in [0.3, 0.4) is 0 Å². The number of nitrogens with one attached hydrogen (secondary N) is 2. The number of nitrogens with zero attached hydrogens (tertiary/aromatic N) is 1.